The van der Waals surface area contributed by atoms with Crippen molar-refractivity contribution < 1.29 is 4.79 Å². The van der Waals surface area contributed by atoms with Gasteiger partial charge in [-0.25, -0.2) is 21.0 Å². The van der Waals surface area contributed by atoms with Crippen molar-refractivity contribution in [3.63, 3.8) is 0 Å². The van der Waals surface area contributed by atoms with Gasteiger partial charge in [-0.3, -0.25) is 0 Å². The molecule has 2 aromatic rings. The van der Waals surface area contributed by atoms with Gasteiger partial charge >= 0.3 is 0 Å². The zero-order valence-electron chi connectivity index (χ0n) is 10.4. The second kappa shape index (κ2) is 11.7. The molecule has 0 aliphatic carbocycles. The van der Waals surface area contributed by atoms with Gasteiger partial charge in [-0.05, 0) is 17.5 Å². The molecule has 0 fully saturated rings. The lowest BCUT2D eigenvalue weighted by molar-refractivity contribution is 0.563. The maximum absolute atomic E-state index is 8.35. The van der Waals surface area contributed by atoms with Gasteiger partial charge in [0.1, 0.15) is 0 Å². The van der Waals surface area contributed by atoms with E-state index in [2.05, 4.69) is 60.7 Å². The molecule has 96 valence electrons. The predicted octanol–water partition coefficient (Wildman–Crippen LogP) is 3.50. The minimum atomic E-state index is 0.750. The van der Waals surface area contributed by atoms with Crippen molar-refractivity contribution in [2.75, 3.05) is 0 Å². The maximum Gasteiger partial charge on any atom is 0.231 e. The van der Waals surface area contributed by atoms with Crippen molar-refractivity contribution in [3.05, 3.63) is 71.8 Å². The van der Waals surface area contributed by atoms with Crippen LogP contribution in [0.3, 0.4) is 0 Å². The number of rotatable bonds is 2. The molecule has 2 aromatic carbocycles. The monoisotopic (exact) mass is 253 g/mol. The topological polar surface area (TPSA) is 88.6 Å². The maximum atomic E-state index is 8.35. The number of hydrogen-bond acceptors (Lipinski definition) is 4. The Morgan fingerprint density at radius 1 is 0.737 bits per heavy atom. The summed E-state index contributed by atoms with van der Waals surface area (Å²) < 4.78 is 0. The van der Waals surface area contributed by atoms with Crippen LogP contribution >= 0.6 is 0 Å². The second-order valence-electron chi connectivity index (χ2n) is 3.38. The fourth-order valence-corrected chi connectivity index (χ4v) is 1.43. The molecule has 0 heterocycles. The summed E-state index contributed by atoms with van der Waals surface area (Å²) in [6, 6.07) is 22.3. The number of hydrogen-bond donors (Lipinski definition) is 3. The highest BCUT2D eigenvalue weighted by Gasteiger charge is 1.92. The number of carbonyl (C=O) groups excluding carboxylic acids is 1. The minimum absolute atomic E-state index is 0.750. The Morgan fingerprint density at radius 3 is 1.26 bits per heavy atom. The Kier molecular flexibility index (Phi) is 9.96. The van der Waals surface area contributed by atoms with E-state index in [4.69, 9.17) is 21.0 Å². The van der Waals surface area contributed by atoms with Crippen LogP contribution in [0.1, 0.15) is 11.1 Å². The van der Waals surface area contributed by atoms with Gasteiger partial charge < -0.3 is 0 Å². The molecule has 0 atom stereocenters. The molecule has 0 aromatic heterocycles. The Balaban J connectivity index is 0.000000465. The number of nitrogens with one attached hydrogen (secondary N) is 3. The standard InChI is InChI=1S/C13H12.CH2N2.CHNO/c1-3-7-12(8-4-1)11-13-9-5-2-6-10-13;2*2-1-3/h1-10H,11H2;2-3H;2H. The highest BCUT2D eigenvalue weighted by Crippen LogP contribution is 2.07. The van der Waals surface area contributed by atoms with Gasteiger partial charge in [-0.2, -0.15) is 0 Å². The molecule has 0 unspecified atom stereocenters. The van der Waals surface area contributed by atoms with Crippen molar-refractivity contribution in [3.8, 4) is 0 Å². The van der Waals surface area contributed by atoms with E-state index in [0.717, 1.165) is 12.5 Å². The molecular formula is C15H15N3O. The molecule has 2 rings (SSSR count). The molecule has 0 spiro atoms. The first-order valence-electron chi connectivity index (χ1n) is 5.48. The first-order valence-corrected chi connectivity index (χ1v) is 5.48. The van der Waals surface area contributed by atoms with E-state index in [1.807, 2.05) is 0 Å². The molecule has 0 saturated carbocycles. The molecule has 0 bridgehead atoms. The van der Waals surface area contributed by atoms with E-state index >= 15 is 0 Å². The van der Waals surface area contributed by atoms with Crippen molar-refractivity contribution in [2.24, 2.45) is 0 Å². The van der Waals surface area contributed by atoms with Crippen LogP contribution in [0.15, 0.2) is 60.7 Å². The highest BCUT2D eigenvalue weighted by molar-refractivity contribution is 5.29. The summed E-state index contributed by atoms with van der Waals surface area (Å²) in [5.74, 6) is 0. The molecule has 3 N–H and O–H groups in total. The number of isocyanates is 1. The molecular weight excluding hydrogens is 238 g/mol. The fraction of sp³-hybridized carbons (Fsp3) is 0.0667. The van der Waals surface area contributed by atoms with Crippen LogP contribution in [0.25, 0.3) is 0 Å². The molecule has 0 aliphatic rings. The Morgan fingerprint density at radius 2 is 1.00 bits per heavy atom. The van der Waals surface area contributed by atoms with Gasteiger partial charge in [0.05, 0.1) is 6.01 Å². The van der Waals surface area contributed by atoms with Crippen molar-refractivity contribution >= 4 is 12.1 Å². The van der Waals surface area contributed by atoms with Gasteiger partial charge in [0.2, 0.25) is 6.08 Å². The zero-order valence-corrected chi connectivity index (χ0v) is 10.4. The summed E-state index contributed by atoms with van der Waals surface area (Å²) in [7, 11) is 0. The highest BCUT2D eigenvalue weighted by atomic mass is 16.1. The quantitative estimate of drug-likeness (QED) is 0.555. The molecule has 4 nitrogen and oxygen atoms in total. The normalized spacial score (nSPS) is 7.58. The lowest BCUT2D eigenvalue weighted by Gasteiger charge is -2.00. The van der Waals surface area contributed by atoms with Gasteiger partial charge in [-0.1, -0.05) is 60.7 Å². The smallest absolute Gasteiger partial charge is 0.231 e. The summed E-state index contributed by atoms with van der Waals surface area (Å²) in [6.45, 7) is 0. The molecule has 19 heavy (non-hydrogen) atoms. The van der Waals surface area contributed by atoms with Gasteiger partial charge in [-0.15, -0.1) is 0 Å². The molecule has 4 heteroatoms. The van der Waals surface area contributed by atoms with Gasteiger partial charge in [0.15, 0.2) is 0 Å². The summed E-state index contributed by atoms with van der Waals surface area (Å²) in [4.78, 5) is 8.35. The first kappa shape index (κ1) is 16.2. The van der Waals surface area contributed by atoms with E-state index in [1.165, 1.54) is 17.1 Å². The third-order valence-electron chi connectivity index (χ3n) is 2.09. The van der Waals surface area contributed by atoms with Gasteiger partial charge in [0.25, 0.3) is 0 Å². The van der Waals surface area contributed by atoms with E-state index in [-0.39, 0.29) is 0 Å². The summed E-state index contributed by atoms with van der Waals surface area (Å²) in [5.41, 5.74) is 2.74. The van der Waals surface area contributed by atoms with Crippen molar-refractivity contribution in [2.45, 2.75) is 6.42 Å². The summed E-state index contributed by atoms with van der Waals surface area (Å²) in [6.07, 6.45) is 1.78. The lowest BCUT2D eigenvalue weighted by Crippen LogP contribution is -1.85. The Hall–Kier alpha value is -2.80. The Labute approximate surface area is 112 Å². The average molecular weight is 253 g/mol. The number of benzene rings is 2. The molecule has 0 amide bonds. The zero-order chi connectivity index (χ0) is 14.3. The van der Waals surface area contributed by atoms with Crippen LogP contribution < -0.4 is 0 Å². The summed E-state index contributed by atoms with van der Waals surface area (Å²) >= 11 is 0. The van der Waals surface area contributed by atoms with E-state index in [0.29, 0.717) is 0 Å². The fourth-order valence-electron chi connectivity index (χ4n) is 1.43. The SMILES string of the molecule is N=C=N.N=C=O.c1ccc(Cc2ccccc2)cc1. The van der Waals surface area contributed by atoms with Gasteiger partial charge in [0, 0.05) is 0 Å². The first-order chi connectivity index (χ1) is 9.28. The summed E-state index contributed by atoms with van der Waals surface area (Å²) in [5, 5.41) is 16.7. The van der Waals surface area contributed by atoms with Crippen LogP contribution in [-0.4, -0.2) is 12.1 Å². The third-order valence-corrected chi connectivity index (χ3v) is 2.09. The van der Waals surface area contributed by atoms with Crippen LogP contribution in [0, 0.1) is 16.2 Å². The largest absolute Gasteiger partial charge is 0.242 e. The van der Waals surface area contributed by atoms with Crippen LogP contribution in [-0.2, 0) is 11.2 Å². The van der Waals surface area contributed by atoms with E-state index in [9.17, 15) is 0 Å². The molecule has 0 aliphatic heterocycles. The molecule has 0 radical (unpaired) electrons. The van der Waals surface area contributed by atoms with Crippen LogP contribution in [0.4, 0.5) is 0 Å². The van der Waals surface area contributed by atoms with E-state index in [1.54, 1.807) is 0 Å². The predicted molar refractivity (Wildman–Crippen MR) is 74.5 cm³/mol. The van der Waals surface area contributed by atoms with Crippen LogP contribution in [0.2, 0.25) is 0 Å². The lowest BCUT2D eigenvalue weighted by atomic mass is 10.1. The van der Waals surface area contributed by atoms with Crippen molar-refractivity contribution in [1.82, 2.24) is 0 Å². The average Bonchev–Trinajstić information content (AvgIpc) is 2.43. The van der Waals surface area contributed by atoms with Crippen LogP contribution in [0.5, 0.6) is 0 Å². The second-order valence-corrected chi connectivity index (χ2v) is 3.38. The Bertz CT molecular complexity index is 462. The third kappa shape index (κ3) is 8.95. The van der Waals surface area contributed by atoms with Crippen molar-refractivity contribution in [1.29, 1.82) is 16.2 Å². The van der Waals surface area contributed by atoms with E-state index < -0.39 is 0 Å². The minimum Gasteiger partial charge on any atom is -0.242 e. The molecule has 0 saturated heterocycles.